The Labute approximate surface area is 134 Å². The van der Waals surface area contributed by atoms with Crippen LogP contribution in [0.2, 0.25) is 0 Å². The van der Waals surface area contributed by atoms with Gasteiger partial charge in [0.05, 0.1) is 20.5 Å². The first-order valence-corrected chi connectivity index (χ1v) is 7.32. The van der Waals surface area contributed by atoms with Crippen molar-refractivity contribution in [3.8, 4) is 5.69 Å². The lowest BCUT2D eigenvalue weighted by Crippen LogP contribution is -2.14. The van der Waals surface area contributed by atoms with Gasteiger partial charge in [-0.05, 0) is 40.8 Å². The van der Waals surface area contributed by atoms with Gasteiger partial charge in [-0.3, -0.25) is 0 Å². The fourth-order valence-corrected chi connectivity index (χ4v) is 3.05. The molecular weight excluding hydrogens is 394 g/mol. The highest BCUT2D eigenvalue weighted by molar-refractivity contribution is 14.1. The van der Waals surface area contributed by atoms with Gasteiger partial charge in [-0.1, -0.05) is 26.8 Å². The van der Waals surface area contributed by atoms with E-state index in [1.165, 1.54) is 10.7 Å². The summed E-state index contributed by atoms with van der Waals surface area (Å²) in [6.07, 6.45) is -4.39. The summed E-state index contributed by atoms with van der Waals surface area (Å²) in [5.41, 5.74) is 6.11. The largest absolute Gasteiger partial charge is 0.416 e. The molecule has 0 radical (unpaired) electrons. The van der Waals surface area contributed by atoms with Crippen molar-refractivity contribution in [3.05, 3.63) is 39.1 Å². The minimum absolute atomic E-state index is 0.239. The molecule has 3 nitrogen and oxygen atoms in total. The highest BCUT2D eigenvalue weighted by atomic mass is 127. The van der Waals surface area contributed by atoms with Gasteiger partial charge >= 0.3 is 6.18 Å². The molecule has 21 heavy (non-hydrogen) atoms. The number of nitrogens with zero attached hydrogens (tertiary/aromatic N) is 2. The number of halogens is 4. The van der Waals surface area contributed by atoms with Crippen LogP contribution in [0.3, 0.4) is 0 Å². The first-order chi connectivity index (χ1) is 9.51. The molecule has 2 rings (SSSR count). The Kier molecular flexibility index (Phi) is 3.98. The van der Waals surface area contributed by atoms with Crippen LogP contribution < -0.4 is 5.73 Å². The third-order valence-electron chi connectivity index (χ3n) is 2.99. The van der Waals surface area contributed by atoms with E-state index in [2.05, 4.69) is 27.7 Å². The molecule has 0 saturated heterocycles. The van der Waals surface area contributed by atoms with E-state index in [-0.39, 0.29) is 5.41 Å². The number of hydrogen-bond acceptors (Lipinski definition) is 2. The molecule has 0 saturated carbocycles. The van der Waals surface area contributed by atoms with Gasteiger partial charge in [0.15, 0.2) is 0 Å². The molecule has 0 aliphatic carbocycles. The first kappa shape index (κ1) is 16.1. The predicted octanol–water partition coefficient (Wildman–Crippen LogP) is 4.38. The first-order valence-electron chi connectivity index (χ1n) is 6.24. The Morgan fingerprint density at radius 1 is 1.19 bits per heavy atom. The van der Waals surface area contributed by atoms with Crippen LogP contribution >= 0.6 is 22.6 Å². The van der Waals surface area contributed by atoms with Crippen LogP contribution in [0.15, 0.2) is 24.3 Å². The molecule has 0 unspecified atom stereocenters. The average Bonchev–Trinajstić information content (AvgIpc) is 2.65. The van der Waals surface area contributed by atoms with Crippen LogP contribution in [0.1, 0.15) is 32.0 Å². The SMILES string of the molecule is CC(C)(C)c1nn(-c2cccc(C(F)(F)F)c2)c(N)c1I. The summed E-state index contributed by atoms with van der Waals surface area (Å²) in [6.45, 7) is 5.94. The van der Waals surface area contributed by atoms with Crippen molar-refractivity contribution < 1.29 is 13.2 Å². The second-order valence-electron chi connectivity index (χ2n) is 5.76. The van der Waals surface area contributed by atoms with E-state index < -0.39 is 11.7 Å². The third-order valence-corrected chi connectivity index (χ3v) is 4.05. The number of anilines is 1. The van der Waals surface area contributed by atoms with E-state index in [0.29, 0.717) is 11.5 Å². The molecule has 7 heteroatoms. The fourth-order valence-electron chi connectivity index (χ4n) is 1.90. The zero-order valence-electron chi connectivity index (χ0n) is 11.8. The molecule has 1 heterocycles. The van der Waals surface area contributed by atoms with Gasteiger partial charge in [-0.2, -0.15) is 18.3 Å². The van der Waals surface area contributed by atoms with E-state index in [9.17, 15) is 13.2 Å². The van der Waals surface area contributed by atoms with Crippen LogP contribution in [-0.4, -0.2) is 9.78 Å². The highest BCUT2D eigenvalue weighted by Gasteiger charge is 2.31. The zero-order valence-corrected chi connectivity index (χ0v) is 14.0. The number of rotatable bonds is 1. The van der Waals surface area contributed by atoms with Crippen molar-refractivity contribution in [1.82, 2.24) is 9.78 Å². The molecule has 0 bridgehead atoms. The summed E-state index contributed by atoms with van der Waals surface area (Å²) in [5.74, 6) is 0.347. The summed E-state index contributed by atoms with van der Waals surface area (Å²) in [5, 5.41) is 4.39. The average molecular weight is 409 g/mol. The van der Waals surface area contributed by atoms with E-state index >= 15 is 0 Å². The Balaban J connectivity index is 2.58. The second-order valence-corrected chi connectivity index (χ2v) is 6.84. The topological polar surface area (TPSA) is 43.8 Å². The Morgan fingerprint density at radius 3 is 2.29 bits per heavy atom. The number of alkyl halides is 3. The molecule has 114 valence electrons. The van der Waals surface area contributed by atoms with E-state index in [0.717, 1.165) is 21.4 Å². The van der Waals surface area contributed by atoms with E-state index in [1.807, 2.05) is 20.8 Å². The molecule has 2 N–H and O–H groups in total. The highest BCUT2D eigenvalue weighted by Crippen LogP contribution is 2.33. The number of nitrogen functional groups attached to an aromatic ring is 1. The molecule has 0 aliphatic heterocycles. The van der Waals surface area contributed by atoms with E-state index in [1.54, 1.807) is 6.07 Å². The van der Waals surface area contributed by atoms with Crippen molar-refractivity contribution in [2.45, 2.75) is 32.4 Å². The monoisotopic (exact) mass is 409 g/mol. The van der Waals surface area contributed by atoms with Crippen LogP contribution in [0, 0.1) is 3.57 Å². The maximum absolute atomic E-state index is 12.8. The molecule has 1 aromatic heterocycles. The lowest BCUT2D eigenvalue weighted by molar-refractivity contribution is -0.137. The van der Waals surface area contributed by atoms with Gasteiger partial charge in [0, 0.05) is 5.41 Å². The Hall–Kier alpha value is -1.25. The molecule has 0 atom stereocenters. The Bertz CT molecular complexity index is 669. The summed E-state index contributed by atoms with van der Waals surface area (Å²) < 4.78 is 40.5. The minimum atomic E-state index is -4.39. The van der Waals surface area contributed by atoms with Crippen LogP contribution in [0.5, 0.6) is 0 Å². The van der Waals surface area contributed by atoms with Crippen molar-refractivity contribution in [1.29, 1.82) is 0 Å². The molecular formula is C14H15F3IN3. The normalized spacial score (nSPS) is 12.7. The Morgan fingerprint density at radius 2 is 1.81 bits per heavy atom. The maximum Gasteiger partial charge on any atom is 0.416 e. The van der Waals surface area contributed by atoms with Gasteiger partial charge in [-0.25, -0.2) is 4.68 Å². The number of hydrogen-bond donors (Lipinski definition) is 1. The number of aromatic nitrogens is 2. The van der Waals surface area contributed by atoms with Gasteiger partial charge in [-0.15, -0.1) is 0 Å². The number of benzene rings is 1. The molecule has 2 aromatic rings. The van der Waals surface area contributed by atoms with Gasteiger partial charge < -0.3 is 5.73 Å². The predicted molar refractivity (Wildman–Crippen MR) is 84.4 cm³/mol. The summed E-state index contributed by atoms with van der Waals surface area (Å²) in [4.78, 5) is 0. The smallest absolute Gasteiger partial charge is 0.383 e. The van der Waals surface area contributed by atoms with Crippen molar-refractivity contribution in [3.63, 3.8) is 0 Å². The zero-order chi connectivity index (χ0) is 16.0. The third kappa shape index (κ3) is 3.17. The van der Waals surface area contributed by atoms with Crippen molar-refractivity contribution in [2.75, 3.05) is 5.73 Å². The quantitative estimate of drug-likeness (QED) is 0.711. The molecule has 1 aromatic carbocycles. The molecule has 0 fully saturated rings. The van der Waals surface area contributed by atoms with E-state index in [4.69, 9.17) is 5.73 Å². The minimum Gasteiger partial charge on any atom is -0.383 e. The second kappa shape index (κ2) is 5.19. The molecule has 0 spiro atoms. The fraction of sp³-hybridized carbons (Fsp3) is 0.357. The van der Waals surface area contributed by atoms with Crippen LogP contribution in [-0.2, 0) is 11.6 Å². The molecule has 0 amide bonds. The lowest BCUT2D eigenvalue weighted by Gasteiger charge is -2.15. The van der Waals surface area contributed by atoms with Gasteiger partial charge in [0.1, 0.15) is 5.82 Å². The standard InChI is InChI=1S/C14H15F3IN3/c1-13(2,3)11-10(18)12(19)21(20-11)9-6-4-5-8(7-9)14(15,16)17/h4-7H,19H2,1-3H3. The van der Waals surface area contributed by atoms with Crippen LogP contribution in [0.4, 0.5) is 19.0 Å². The summed E-state index contributed by atoms with van der Waals surface area (Å²) >= 11 is 2.07. The number of nitrogens with two attached hydrogens (primary N) is 1. The lowest BCUT2D eigenvalue weighted by atomic mass is 9.92. The van der Waals surface area contributed by atoms with Gasteiger partial charge in [0.2, 0.25) is 0 Å². The summed E-state index contributed by atoms with van der Waals surface area (Å²) in [6, 6.07) is 4.98. The molecule has 0 aliphatic rings. The summed E-state index contributed by atoms with van der Waals surface area (Å²) in [7, 11) is 0. The maximum atomic E-state index is 12.8. The van der Waals surface area contributed by atoms with Crippen molar-refractivity contribution in [2.24, 2.45) is 0 Å². The van der Waals surface area contributed by atoms with Crippen molar-refractivity contribution >= 4 is 28.4 Å². The van der Waals surface area contributed by atoms with Crippen LogP contribution in [0.25, 0.3) is 5.69 Å². The van der Waals surface area contributed by atoms with Gasteiger partial charge in [0.25, 0.3) is 0 Å².